The van der Waals surface area contributed by atoms with Crippen molar-refractivity contribution in [2.45, 2.75) is 19.4 Å². The molecule has 0 fully saturated rings. The second-order valence-electron chi connectivity index (χ2n) is 4.46. The molecule has 0 spiro atoms. The van der Waals surface area contributed by atoms with E-state index < -0.39 is 0 Å². The fourth-order valence-electron chi connectivity index (χ4n) is 2.08. The maximum atomic E-state index is 13.2. The van der Waals surface area contributed by atoms with Gasteiger partial charge >= 0.3 is 0 Å². The largest absolute Gasteiger partial charge is 0.306 e. The van der Waals surface area contributed by atoms with Crippen LogP contribution in [-0.4, -0.2) is 6.54 Å². The maximum Gasteiger partial charge on any atom is 0.124 e. The van der Waals surface area contributed by atoms with E-state index in [2.05, 4.69) is 47.0 Å². The molecule has 2 rings (SSSR count). The van der Waals surface area contributed by atoms with Crippen LogP contribution in [0.2, 0.25) is 0 Å². The van der Waals surface area contributed by atoms with Gasteiger partial charge in [-0.05, 0) is 58.8 Å². The van der Waals surface area contributed by atoms with Crippen LogP contribution in [0.5, 0.6) is 0 Å². The molecule has 0 saturated carbocycles. The lowest BCUT2D eigenvalue weighted by molar-refractivity contribution is 0.590. The van der Waals surface area contributed by atoms with Crippen LogP contribution in [0.3, 0.4) is 0 Å². The normalized spacial score (nSPS) is 12.4. The first-order valence-electron chi connectivity index (χ1n) is 6.45. The maximum absolute atomic E-state index is 13.2. The zero-order valence-electron chi connectivity index (χ0n) is 10.9. The zero-order chi connectivity index (χ0) is 13.7. The number of benzene rings is 2. The fraction of sp³-hybridized carbons (Fsp3) is 0.250. The highest BCUT2D eigenvalue weighted by Gasteiger charge is 2.16. The number of rotatable bonds is 5. The van der Waals surface area contributed by atoms with E-state index in [1.54, 1.807) is 6.07 Å². The van der Waals surface area contributed by atoms with Crippen molar-refractivity contribution in [2.75, 3.05) is 6.54 Å². The molecule has 0 radical (unpaired) electrons. The van der Waals surface area contributed by atoms with Gasteiger partial charge in [0.1, 0.15) is 5.82 Å². The minimum Gasteiger partial charge on any atom is -0.306 e. The Bertz CT molecular complexity index is 528. The van der Waals surface area contributed by atoms with Crippen LogP contribution in [0.4, 0.5) is 4.39 Å². The predicted molar refractivity (Wildman–Crippen MR) is 85.7 cm³/mol. The van der Waals surface area contributed by atoms with E-state index in [9.17, 15) is 4.39 Å². The summed E-state index contributed by atoms with van der Waals surface area (Å²) >= 11 is 2.20. The van der Waals surface area contributed by atoms with Crippen molar-refractivity contribution < 1.29 is 4.39 Å². The van der Waals surface area contributed by atoms with Gasteiger partial charge in [0.2, 0.25) is 0 Å². The molecule has 2 aromatic carbocycles. The SMILES string of the molecule is CCCNC(c1ccccc1)c1ccc(F)cc1I. The first-order valence-corrected chi connectivity index (χ1v) is 7.53. The molecule has 0 bridgehead atoms. The van der Waals surface area contributed by atoms with E-state index in [1.807, 2.05) is 24.3 Å². The number of halogens is 2. The highest BCUT2D eigenvalue weighted by Crippen LogP contribution is 2.26. The van der Waals surface area contributed by atoms with E-state index in [0.717, 1.165) is 22.1 Å². The average molecular weight is 369 g/mol. The zero-order valence-corrected chi connectivity index (χ0v) is 13.0. The number of hydrogen-bond acceptors (Lipinski definition) is 1. The summed E-state index contributed by atoms with van der Waals surface area (Å²) < 4.78 is 14.2. The lowest BCUT2D eigenvalue weighted by Gasteiger charge is -2.21. The molecule has 1 N–H and O–H groups in total. The average Bonchev–Trinajstić information content (AvgIpc) is 2.42. The van der Waals surface area contributed by atoms with Crippen LogP contribution in [0.25, 0.3) is 0 Å². The molecule has 19 heavy (non-hydrogen) atoms. The molecule has 0 aliphatic heterocycles. The van der Waals surface area contributed by atoms with Crippen LogP contribution in [-0.2, 0) is 0 Å². The first kappa shape index (κ1) is 14.5. The standard InChI is InChI=1S/C16H17FIN/c1-2-10-19-16(12-6-4-3-5-7-12)14-9-8-13(17)11-15(14)18/h3-9,11,16,19H,2,10H2,1H3. The van der Waals surface area contributed by atoms with Crippen molar-refractivity contribution in [3.8, 4) is 0 Å². The Balaban J connectivity index is 2.37. The van der Waals surface area contributed by atoms with Gasteiger partial charge in [0.15, 0.2) is 0 Å². The molecule has 1 unspecified atom stereocenters. The van der Waals surface area contributed by atoms with Crippen molar-refractivity contribution in [1.29, 1.82) is 0 Å². The summed E-state index contributed by atoms with van der Waals surface area (Å²) in [5, 5.41) is 3.54. The molecular formula is C16H17FIN. The van der Waals surface area contributed by atoms with Crippen LogP contribution >= 0.6 is 22.6 Å². The van der Waals surface area contributed by atoms with Crippen LogP contribution in [0.15, 0.2) is 48.5 Å². The lowest BCUT2D eigenvalue weighted by atomic mass is 9.98. The highest BCUT2D eigenvalue weighted by atomic mass is 127. The van der Waals surface area contributed by atoms with E-state index in [4.69, 9.17) is 0 Å². The van der Waals surface area contributed by atoms with Crippen molar-refractivity contribution in [1.82, 2.24) is 5.32 Å². The monoisotopic (exact) mass is 369 g/mol. The first-order chi connectivity index (χ1) is 9.22. The van der Waals surface area contributed by atoms with Crippen molar-refractivity contribution in [2.24, 2.45) is 0 Å². The van der Waals surface area contributed by atoms with Gasteiger partial charge in [-0.25, -0.2) is 4.39 Å². The summed E-state index contributed by atoms with van der Waals surface area (Å²) in [6.07, 6.45) is 1.07. The third kappa shape index (κ3) is 3.76. The molecule has 1 atom stereocenters. The summed E-state index contributed by atoms with van der Waals surface area (Å²) in [5.41, 5.74) is 2.34. The fourth-order valence-corrected chi connectivity index (χ4v) is 2.87. The topological polar surface area (TPSA) is 12.0 Å². The second kappa shape index (κ2) is 7.01. The second-order valence-corrected chi connectivity index (χ2v) is 5.63. The Hall–Kier alpha value is -0.940. The van der Waals surface area contributed by atoms with Gasteiger partial charge in [-0.15, -0.1) is 0 Å². The van der Waals surface area contributed by atoms with Gasteiger partial charge in [0.05, 0.1) is 6.04 Å². The molecular weight excluding hydrogens is 352 g/mol. The minimum atomic E-state index is -0.185. The summed E-state index contributed by atoms with van der Waals surface area (Å²) in [7, 11) is 0. The molecule has 2 aromatic rings. The molecule has 100 valence electrons. The molecule has 0 aromatic heterocycles. The summed E-state index contributed by atoms with van der Waals surface area (Å²) in [6, 6.07) is 15.4. The van der Waals surface area contributed by atoms with Gasteiger partial charge in [0, 0.05) is 3.57 Å². The Labute approximate surface area is 127 Å². The minimum absolute atomic E-state index is 0.119. The van der Waals surface area contributed by atoms with E-state index in [-0.39, 0.29) is 11.9 Å². The molecule has 0 aliphatic rings. The van der Waals surface area contributed by atoms with Gasteiger partial charge in [-0.1, -0.05) is 43.3 Å². The smallest absolute Gasteiger partial charge is 0.124 e. The quantitative estimate of drug-likeness (QED) is 0.765. The summed E-state index contributed by atoms with van der Waals surface area (Å²) in [5.74, 6) is -0.185. The van der Waals surface area contributed by atoms with E-state index in [0.29, 0.717) is 0 Å². The van der Waals surface area contributed by atoms with Crippen LogP contribution < -0.4 is 5.32 Å². The third-order valence-corrected chi connectivity index (χ3v) is 3.94. The molecule has 0 saturated heterocycles. The third-order valence-electron chi connectivity index (χ3n) is 3.00. The van der Waals surface area contributed by atoms with Crippen LogP contribution in [0.1, 0.15) is 30.5 Å². The lowest BCUT2D eigenvalue weighted by Crippen LogP contribution is -2.24. The van der Waals surface area contributed by atoms with Crippen LogP contribution in [0, 0.1) is 9.39 Å². The Morgan fingerprint density at radius 1 is 1.16 bits per heavy atom. The molecule has 0 aliphatic carbocycles. The Kier molecular flexibility index (Phi) is 5.34. The predicted octanol–water partition coefficient (Wildman–Crippen LogP) is 4.52. The summed E-state index contributed by atoms with van der Waals surface area (Å²) in [6.45, 7) is 3.08. The highest BCUT2D eigenvalue weighted by molar-refractivity contribution is 14.1. The van der Waals surface area contributed by atoms with Gasteiger partial charge in [-0.2, -0.15) is 0 Å². The van der Waals surface area contributed by atoms with Crippen molar-refractivity contribution in [3.05, 3.63) is 69.0 Å². The van der Waals surface area contributed by atoms with E-state index >= 15 is 0 Å². The van der Waals surface area contributed by atoms with Gasteiger partial charge in [-0.3, -0.25) is 0 Å². The van der Waals surface area contributed by atoms with Gasteiger partial charge in [0.25, 0.3) is 0 Å². The van der Waals surface area contributed by atoms with E-state index in [1.165, 1.54) is 11.6 Å². The van der Waals surface area contributed by atoms with Crippen molar-refractivity contribution in [3.63, 3.8) is 0 Å². The summed E-state index contributed by atoms with van der Waals surface area (Å²) in [4.78, 5) is 0. The molecule has 0 heterocycles. The molecule has 3 heteroatoms. The Morgan fingerprint density at radius 3 is 2.53 bits per heavy atom. The molecule has 0 amide bonds. The Morgan fingerprint density at radius 2 is 1.89 bits per heavy atom. The number of nitrogens with one attached hydrogen (secondary N) is 1. The van der Waals surface area contributed by atoms with Gasteiger partial charge < -0.3 is 5.32 Å². The molecule has 1 nitrogen and oxygen atoms in total. The van der Waals surface area contributed by atoms with Crippen molar-refractivity contribution >= 4 is 22.6 Å². The number of hydrogen-bond donors (Lipinski definition) is 1.